The predicted octanol–water partition coefficient (Wildman–Crippen LogP) is 6.49. The fourth-order valence-electron chi connectivity index (χ4n) is 4.44. The van der Waals surface area contributed by atoms with Crippen LogP contribution in [-0.4, -0.2) is 50.3 Å². The highest BCUT2D eigenvalue weighted by atomic mass is 28.5. The van der Waals surface area contributed by atoms with Crippen LogP contribution in [0.3, 0.4) is 0 Å². The van der Waals surface area contributed by atoms with Crippen LogP contribution in [0.5, 0.6) is 0 Å². The van der Waals surface area contributed by atoms with Gasteiger partial charge in [0.25, 0.3) is 0 Å². The maximum atomic E-state index is 12.1. The second-order valence-electron chi connectivity index (χ2n) is 11.5. The van der Waals surface area contributed by atoms with E-state index in [0.29, 0.717) is 50.0 Å². The predicted molar refractivity (Wildman–Crippen MR) is 175 cm³/mol. The monoisotopic (exact) mass is 612 g/mol. The summed E-state index contributed by atoms with van der Waals surface area (Å²) in [6.07, 6.45) is 2.59. The third kappa shape index (κ3) is 11.0. The van der Waals surface area contributed by atoms with Crippen molar-refractivity contribution in [3.05, 3.63) is 85.0 Å². The molecule has 0 fully saturated rings. The Morgan fingerprint density at radius 3 is 1.29 bits per heavy atom. The molecule has 0 aliphatic rings. The maximum absolute atomic E-state index is 12.1. The SMILES string of the molecule is C=C(CC)C(=O)OCCC[Si](C)(C)O[Si](O[Si](C)(C)CCCOC(=O)C(=C)CC)(c1ccccc1)c1ccccc1. The van der Waals surface area contributed by atoms with Gasteiger partial charge in [-0.3, -0.25) is 0 Å². The fraction of sp³-hybridized carbons (Fsp3) is 0.438. The summed E-state index contributed by atoms with van der Waals surface area (Å²) in [6.45, 7) is 20.9. The molecule has 0 unspecified atom stereocenters. The lowest BCUT2D eigenvalue weighted by atomic mass is 10.2. The van der Waals surface area contributed by atoms with Crippen molar-refractivity contribution < 1.29 is 27.3 Å². The average Bonchev–Trinajstić information content (AvgIpc) is 2.96. The molecule has 0 amide bonds. The Labute approximate surface area is 250 Å². The van der Waals surface area contributed by atoms with Gasteiger partial charge >= 0.3 is 20.5 Å². The van der Waals surface area contributed by atoms with Crippen LogP contribution in [0.2, 0.25) is 38.3 Å². The van der Waals surface area contributed by atoms with Crippen LogP contribution in [0, 0.1) is 0 Å². The zero-order chi connectivity index (χ0) is 30.5. The molecule has 0 aliphatic carbocycles. The molecule has 2 rings (SSSR count). The Morgan fingerprint density at radius 1 is 0.634 bits per heavy atom. The van der Waals surface area contributed by atoms with Crippen molar-refractivity contribution in [2.45, 2.75) is 77.8 Å². The van der Waals surface area contributed by atoms with E-state index in [0.717, 1.165) is 22.5 Å². The van der Waals surface area contributed by atoms with Gasteiger partial charge in [-0.25, -0.2) is 9.59 Å². The Bertz CT molecular complexity index is 1060. The quantitative estimate of drug-likeness (QED) is 0.0830. The van der Waals surface area contributed by atoms with Gasteiger partial charge in [0.05, 0.1) is 13.2 Å². The Kier molecular flexibility index (Phi) is 13.7. The topological polar surface area (TPSA) is 71.1 Å². The van der Waals surface area contributed by atoms with Crippen LogP contribution in [0.25, 0.3) is 0 Å². The first-order valence-electron chi connectivity index (χ1n) is 14.6. The smallest absolute Gasteiger partial charge is 0.386 e. The average molecular weight is 613 g/mol. The van der Waals surface area contributed by atoms with E-state index in [2.05, 4.69) is 63.6 Å². The number of hydrogen-bond acceptors (Lipinski definition) is 6. The highest BCUT2D eigenvalue weighted by Crippen LogP contribution is 2.27. The van der Waals surface area contributed by atoms with E-state index in [4.69, 9.17) is 17.7 Å². The number of esters is 2. The first-order valence-corrected chi connectivity index (χ1v) is 22.6. The molecule has 0 spiro atoms. The maximum Gasteiger partial charge on any atom is 0.386 e. The Hall–Kier alpha value is -2.57. The summed E-state index contributed by atoms with van der Waals surface area (Å²) >= 11 is 0. The lowest BCUT2D eigenvalue weighted by molar-refractivity contribution is -0.140. The molecule has 224 valence electrons. The van der Waals surface area contributed by atoms with Gasteiger partial charge in [0.15, 0.2) is 16.6 Å². The van der Waals surface area contributed by atoms with E-state index >= 15 is 0 Å². The molecular weight excluding hydrogens is 565 g/mol. The van der Waals surface area contributed by atoms with Crippen LogP contribution in [-0.2, 0) is 27.3 Å². The first kappa shape index (κ1) is 34.6. The number of hydrogen-bond donors (Lipinski definition) is 0. The van der Waals surface area contributed by atoms with Crippen molar-refractivity contribution in [1.82, 2.24) is 0 Å². The minimum atomic E-state index is -3.15. The Balaban J connectivity index is 2.30. The summed E-state index contributed by atoms with van der Waals surface area (Å²) in [5.74, 6) is -0.656. The van der Waals surface area contributed by atoms with Gasteiger partial charge in [-0.15, -0.1) is 0 Å². The lowest BCUT2D eigenvalue weighted by Crippen LogP contribution is -2.70. The van der Waals surface area contributed by atoms with Crippen molar-refractivity contribution >= 4 is 47.5 Å². The standard InChI is InChI=1S/C32H48O6Si3/c1-9-27(3)31(33)35-23-17-25-39(5,6)37-41(29-19-13-11-14-20-29,30-21-15-12-16-22-30)38-40(7,8)26-18-24-36-32(34)28(4)10-2/h11-16,19-22H,3-4,9-10,17-18,23-26H2,1-2,5-8H3. The van der Waals surface area contributed by atoms with E-state index in [1.165, 1.54) is 0 Å². The normalized spacial score (nSPS) is 12.0. The molecule has 0 saturated heterocycles. The summed E-state index contributed by atoms with van der Waals surface area (Å²) in [7, 11) is -7.78. The number of benzene rings is 2. The van der Waals surface area contributed by atoms with Crippen molar-refractivity contribution in [1.29, 1.82) is 0 Å². The molecule has 0 heterocycles. The van der Waals surface area contributed by atoms with Gasteiger partial charge in [-0.05, 0) is 74.3 Å². The van der Waals surface area contributed by atoms with Crippen molar-refractivity contribution in [3.63, 3.8) is 0 Å². The summed E-state index contributed by atoms with van der Waals surface area (Å²) in [4.78, 5) is 24.1. The van der Waals surface area contributed by atoms with E-state index in [1.54, 1.807) is 0 Å². The number of rotatable bonds is 18. The van der Waals surface area contributed by atoms with Crippen LogP contribution in [0.4, 0.5) is 0 Å². The minimum absolute atomic E-state index is 0.328. The van der Waals surface area contributed by atoms with Gasteiger partial charge in [-0.1, -0.05) is 87.7 Å². The van der Waals surface area contributed by atoms with E-state index < -0.39 is 25.2 Å². The van der Waals surface area contributed by atoms with E-state index in [-0.39, 0.29) is 11.9 Å². The fourth-order valence-corrected chi connectivity index (χ4v) is 17.5. The molecule has 2 aromatic carbocycles. The van der Waals surface area contributed by atoms with Crippen molar-refractivity contribution in [3.8, 4) is 0 Å². The number of carbonyl (C=O) groups excluding carboxylic acids is 2. The van der Waals surface area contributed by atoms with Gasteiger partial charge in [-0.2, -0.15) is 0 Å². The van der Waals surface area contributed by atoms with Crippen LogP contribution < -0.4 is 10.4 Å². The molecule has 0 bridgehead atoms. The van der Waals surface area contributed by atoms with Gasteiger partial charge in [0.2, 0.25) is 0 Å². The molecule has 0 N–H and O–H groups in total. The van der Waals surface area contributed by atoms with Gasteiger partial charge in [0.1, 0.15) is 0 Å². The molecule has 0 saturated carbocycles. The van der Waals surface area contributed by atoms with E-state index in [9.17, 15) is 9.59 Å². The van der Waals surface area contributed by atoms with Gasteiger partial charge in [0, 0.05) is 11.1 Å². The third-order valence-electron chi connectivity index (χ3n) is 6.89. The van der Waals surface area contributed by atoms with E-state index in [1.807, 2.05) is 50.2 Å². The first-order chi connectivity index (χ1) is 19.4. The summed E-state index contributed by atoms with van der Waals surface area (Å²) in [6, 6.07) is 22.3. The highest BCUT2D eigenvalue weighted by Gasteiger charge is 2.50. The summed E-state index contributed by atoms with van der Waals surface area (Å²) in [5.41, 5.74) is 0.978. The molecule has 0 aliphatic heterocycles. The molecule has 9 heteroatoms. The minimum Gasteiger partial charge on any atom is -0.462 e. The number of carbonyl (C=O) groups is 2. The van der Waals surface area contributed by atoms with Crippen molar-refractivity contribution in [2.75, 3.05) is 13.2 Å². The molecular formula is C32H48O6Si3. The zero-order valence-corrected chi connectivity index (χ0v) is 28.8. The zero-order valence-electron chi connectivity index (χ0n) is 25.8. The van der Waals surface area contributed by atoms with Gasteiger partial charge < -0.3 is 17.7 Å². The molecule has 0 aromatic heterocycles. The molecule has 6 nitrogen and oxygen atoms in total. The molecule has 0 atom stereocenters. The third-order valence-corrected chi connectivity index (χ3v) is 18.9. The second kappa shape index (κ2) is 16.2. The molecule has 0 radical (unpaired) electrons. The molecule has 2 aromatic rings. The second-order valence-corrected chi connectivity index (χ2v) is 23.5. The molecule has 41 heavy (non-hydrogen) atoms. The van der Waals surface area contributed by atoms with Crippen LogP contribution in [0.1, 0.15) is 39.5 Å². The van der Waals surface area contributed by atoms with Crippen LogP contribution in [0.15, 0.2) is 85.0 Å². The Morgan fingerprint density at radius 2 is 0.976 bits per heavy atom. The van der Waals surface area contributed by atoms with Crippen molar-refractivity contribution in [2.24, 2.45) is 0 Å². The lowest BCUT2D eigenvalue weighted by Gasteiger charge is -2.43. The number of ether oxygens (including phenoxy) is 2. The largest absolute Gasteiger partial charge is 0.462 e. The summed E-state index contributed by atoms with van der Waals surface area (Å²) < 4.78 is 25.5. The summed E-state index contributed by atoms with van der Waals surface area (Å²) in [5, 5.41) is 2.15. The van der Waals surface area contributed by atoms with Crippen LogP contribution >= 0.6 is 0 Å². The highest BCUT2D eigenvalue weighted by molar-refractivity contribution is 7.02.